The molecule has 0 aliphatic carbocycles. The lowest BCUT2D eigenvalue weighted by molar-refractivity contribution is -0.160. The minimum absolute atomic E-state index is 0.00159. The Morgan fingerprint density at radius 1 is 1.11 bits per heavy atom. The maximum Gasteiger partial charge on any atom is 0.350 e. The SMILES string of the molecule is Cc1ccc(-c2cc(COC(=O)C(C)(C)Oc3ccc(Cl)cc3)no2)cc1. The molecule has 1 aromatic heterocycles. The smallest absolute Gasteiger partial charge is 0.350 e. The first-order valence-electron chi connectivity index (χ1n) is 8.48. The second-order valence-corrected chi connectivity index (χ2v) is 7.13. The van der Waals surface area contributed by atoms with Gasteiger partial charge in [-0.1, -0.05) is 46.6 Å². The molecule has 1 heterocycles. The molecule has 3 aromatic rings. The molecule has 0 atom stereocenters. The van der Waals surface area contributed by atoms with Crippen LogP contribution in [0, 0.1) is 6.92 Å². The molecular formula is C21H20ClNO4. The fraction of sp³-hybridized carbons (Fsp3) is 0.238. The number of halogens is 1. The molecule has 0 spiro atoms. The van der Waals surface area contributed by atoms with Crippen LogP contribution < -0.4 is 4.74 Å². The van der Waals surface area contributed by atoms with Crippen molar-refractivity contribution in [1.29, 1.82) is 0 Å². The van der Waals surface area contributed by atoms with Gasteiger partial charge in [0.1, 0.15) is 18.1 Å². The molecule has 6 heteroatoms. The number of rotatable bonds is 6. The molecule has 0 fully saturated rings. The zero-order valence-electron chi connectivity index (χ0n) is 15.4. The van der Waals surface area contributed by atoms with Gasteiger partial charge in [0.2, 0.25) is 0 Å². The molecule has 0 radical (unpaired) electrons. The van der Waals surface area contributed by atoms with Gasteiger partial charge in [0, 0.05) is 16.7 Å². The van der Waals surface area contributed by atoms with E-state index < -0.39 is 11.6 Å². The van der Waals surface area contributed by atoms with E-state index in [1.807, 2.05) is 31.2 Å². The van der Waals surface area contributed by atoms with Crippen molar-refractivity contribution in [3.05, 3.63) is 70.9 Å². The predicted molar refractivity (Wildman–Crippen MR) is 103 cm³/mol. The average Bonchev–Trinajstić information content (AvgIpc) is 3.11. The maximum atomic E-state index is 12.4. The first-order valence-corrected chi connectivity index (χ1v) is 8.86. The molecule has 2 aromatic carbocycles. The molecule has 5 nitrogen and oxygen atoms in total. The van der Waals surface area contributed by atoms with Gasteiger partial charge in [-0.3, -0.25) is 0 Å². The van der Waals surface area contributed by atoms with Crippen molar-refractivity contribution >= 4 is 17.6 Å². The van der Waals surface area contributed by atoms with Crippen molar-refractivity contribution < 1.29 is 18.8 Å². The largest absolute Gasteiger partial charge is 0.476 e. The van der Waals surface area contributed by atoms with E-state index in [0.29, 0.717) is 22.2 Å². The second-order valence-electron chi connectivity index (χ2n) is 6.69. The summed E-state index contributed by atoms with van der Waals surface area (Å²) in [7, 11) is 0. The third-order valence-corrected chi connectivity index (χ3v) is 4.18. The van der Waals surface area contributed by atoms with E-state index in [9.17, 15) is 4.79 Å². The van der Waals surface area contributed by atoms with E-state index in [0.717, 1.165) is 11.1 Å². The fourth-order valence-corrected chi connectivity index (χ4v) is 2.51. The summed E-state index contributed by atoms with van der Waals surface area (Å²) in [5.74, 6) is 0.652. The minimum Gasteiger partial charge on any atom is -0.476 e. The number of benzene rings is 2. The van der Waals surface area contributed by atoms with Crippen molar-refractivity contribution in [1.82, 2.24) is 5.16 Å². The van der Waals surface area contributed by atoms with Crippen LogP contribution in [0.3, 0.4) is 0 Å². The molecule has 0 aliphatic rings. The molecular weight excluding hydrogens is 366 g/mol. The predicted octanol–water partition coefficient (Wildman–Crippen LogP) is 5.20. The highest BCUT2D eigenvalue weighted by molar-refractivity contribution is 6.30. The molecule has 27 heavy (non-hydrogen) atoms. The van der Waals surface area contributed by atoms with Gasteiger partial charge in [0.05, 0.1) is 0 Å². The quantitative estimate of drug-likeness (QED) is 0.545. The van der Waals surface area contributed by atoms with Crippen LogP contribution in [0.4, 0.5) is 0 Å². The van der Waals surface area contributed by atoms with E-state index in [2.05, 4.69) is 5.16 Å². The molecule has 0 amide bonds. The number of ether oxygens (including phenoxy) is 2. The first-order chi connectivity index (χ1) is 12.8. The zero-order chi connectivity index (χ0) is 19.4. The maximum absolute atomic E-state index is 12.4. The number of aryl methyl sites for hydroxylation is 1. The Bertz CT molecular complexity index is 914. The number of esters is 1. The summed E-state index contributed by atoms with van der Waals surface area (Å²) in [5, 5.41) is 4.55. The van der Waals surface area contributed by atoms with Gasteiger partial charge < -0.3 is 14.0 Å². The van der Waals surface area contributed by atoms with Gasteiger partial charge in [-0.15, -0.1) is 0 Å². The summed E-state index contributed by atoms with van der Waals surface area (Å²) in [6, 6.07) is 16.4. The van der Waals surface area contributed by atoms with Gasteiger partial charge in [0.15, 0.2) is 11.4 Å². The number of carbonyl (C=O) groups is 1. The number of aromatic nitrogens is 1. The van der Waals surface area contributed by atoms with Gasteiger partial charge in [-0.2, -0.15) is 0 Å². The number of carbonyl (C=O) groups excluding carboxylic acids is 1. The topological polar surface area (TPSA) is 61.6 Å². The summed E-state index contributed by atoms with van der Waals surface area (Å²) in [6.45, 7) is 5.31. The Morgan fingerprint density at radius 3 is 2.44 bits per heavy atom. The third-order valence-electron chi connectivity index (χ3n) is 3.92. The average molecular weight is 386 g/mol. The van der Waals surface area contributed by atoms with Crippen LogP contribution in [0.2, 0.25) is 5.02 Å². The lowest BCUT2D eigenvalue weighted by atomic mass is 10.1. The van der Waals surface area contributed by atoms with Gasteiger partial charge >= 0.3 is 5.97 Å². The van der Waals surface area contributed by atoms with Crippen molar-refractivity contribution in [2.75, 3.05) is 0 Å². The summed E-state index contributed by atoms with van der Waals surface area (Å²) >= 11 is 5.85. The van der Waals surface area contributed by atoms with Gasteiger partial charge in [-0.05, 0) is 45.0 Å². The Kier molecular flexibility index (Phi) is 5.51. The van der Waals surface area contributed by atoms with Crippen LogP contribution in [-0.2, 0) is 16.1 Å². The minimum atomic E-state index is -1.16. The molecule has 0 unspecified atom stereocenters. The Hall–Kier alpha value is -2.79. The van der Waals surface area contributed by atoms with Crippen LogP contribution in [0.5, 0.6) is 5.75 Å². The molecule has 3 rings (SSSR count). The second kappa shape index (κ2) is 7.84. The lowest BCUT2D eigenvalue weighted by Crippen LogP contribution is -2.39. The first kappa shape index (κ1) is 19.0. The number of nitrogens with zero attached hydrogens (tertiary/aromatic N) is 1. The van der Waals surface area contributed by atoms with Gasteiger partial charge in [0.25, 0.3) is 0 Å². The van der Waals surface area contributed by atoms with E-state index in [1.165, 1.54) is 0 Å². The van der Waals surface area contributed by atoms with Crippen molar-refractivity contribution in [2.45, 2.75) is 33.0 Å². The molecule has 0 saturated carbocycles. The summed E-state index contributed by atoms with van der Waals surface area (Å²) in [4.78, 5) is 12.4. The van der Waals surface area contributed by atoms with Gasteiger partial charge in [-0.25, -0.2) is 4.79 Å². The van der Waals surface area contributed by atoms with Crippen molar-refractivity contribution in [3.8, 4) is 17.1 Å². The summed E-state index contributed by atoms with van der Waals surface area (Å²) < 4.78 is 16.4. The van der Waals surface area contributed by atoms with Crippen molar-refractivity contribution in [2.24, 2.45) is 0 Å². The zero-order valence-corrected chi connectivity index (χ0v) is 16.1. The summed E-state index contributed by atoms with van der Waals surface area (Å²) in [5.41, 5.74) is 1.45. The Balaban J connectivity index is 1.59. The highest BCUT2D eigenvalue weighted by Gasteiger charge is 2.32. The molecule has 0 saturated heterocycles. The van der Waals surface area contributed by atoms with E-state index in [-0.39, 0.29) is 6.61 Å². The highest BCUT2D eigenvalue weighted by Crippen LogP contribution is 2.23. The standard InChI is InChI=1S/C21H20ClNO4/c1-14-4-6-15(7-5-14)19-12-17(23-27-19)13-25-20(24)21(2,3)26-18-10-8-16(22)9-11-18/h4-12H,13H2,1-3H3. The van der Waals surface area contributed by atoms with E-state index in [1.54, 1.807) is 44.2 Å². The monoisotopic (exact) mass is 385 g/mol. The molecule has 0 N–H and O–H groups in total. The van der Waals surface area contributed by atoms with Crippen LogP contribution in [-0.4, -0.2) is 16.7 Å². The van der Waals surface area contributed by atoms with E-state index in [4.69, 9.17) is 25.6 Å². The number of hydrogen-bond acceptors (Lipinski definition) is 5. The third kappa shape index (κ3) is 4.89. The van der Waals surface area contributed by atoms with Crippen molar-refractivity contribution in [3.63, 3.8) is 0 Å². The lowest BCUT2D eigenvalue weighted by Gasteiger charge is -2.24. The van der Waals surface area contributed by atoms with Crippen LogP contribution in [0.1, 0.15) is 25.1 Å². The van der Waals surface area contributed by atoms with Crippen LogP contribution in [0.15, 0.2) is 59.1 Å². The molecule has 140 valence electrons. The number of hydrogen-bond donors (Lipinski definition) is 0. The van der Waals surface area contributed by atoms with Crippen LogP contribution in [0.25, 0.3) is 11.3 Å². The van der Waals surface area contributed by atoms with E-state index >= 15 is 0 Å². The Morgan fingerprint density at radius 2 is 1.78 bits per heavy atom. The highest BCUT2D eigenvalue weighted by atomic mass is 35.5. The summed E-state index contributed by atoms with van der Waals surface area (Å²) in [6.07, 6.45) is 0. The van der Waals surface area contributed by atoms with Crippen LogP contribution >= 0.6 is 11.6 Å². The molecule has 0 aliphatic heterocycles. The Labute approximate surface area is 162 Å². The molecule has 0 bridgehead atoms. The fourth-order valence-electron chi connectivity index (χ4n) is 2.39. The normalized spacial score (nSPS) is 11.3.